The molecule has 356 valence electrons. The van der Waals surface area contributed by atoms with Gasteiger partial charge in [-0.2, -0.15) is 0 Å². The number of rotatable bonds is 4. The zero-order valence-corrected chi connectivity index (χ0v) is 33.2. The molecule has 0 saturated carbocycles. The van der Waals surface area contributed by atoms with Gasteiger partial charge in [-0.1, -0.05) is 0 Å². The second-order valence-electron chi connectivity index (χ2n) is 14.5. The first-order valence-corrected chi connectivity index (χ1v) is 18.6. The van der Waals surface area contributed by atoms with Gasteiger partial charge in [-0.3, -0.25) is 0 Å². The van der Waals surface area contributed by atoms with E-state index in [9.17, 15) is 111 Å². The topological polar surface area (TPSA) is 475 Å². The molecule has 0 fully saturated rings. The number of hydrogen-bond donors (Lipinski definition) is 17. The number of phenolic OH excluding ortho intramolecular Hbond substituents is 15. The van der Waals surface area contributed by atoms with E-state index in [1.807, 2.05) is 0 Å². The molecule has 0 unspecified atom stereocenters. The fourth-order valence-corrected chi connectivity index (χ4v) is 7.13. The summed E-state index contributed by atoms with van der Waals surface area (Å²) in [6.07, 6.45) is -14.7. The highest BCUT2D eigenvalue weighted by molar-refractivity contribution is 6.10. The minimum absolute atomic E-state index is 0.292. The molecule has 5 aromatic rings. The van der Waals surface area contributed by atoms with Crippen molar-refractivity contribution in [2.75, 3.05) is 6.61 Å². The van der Waals surface area contributed by atoms with Gasteiger partial charge in [-0.05, 0) is 36.4 Å². The van der Waals surface area contributed by atoms with E-state index in [0.717, 1.165) is 0 Å². The number of carbonyl (C=O) groups excluding carboxylic acids is 5. The first kappa shape index (κ1) is 46.4. The molecule has 0 spiro atoms. The van der Waals surface area contributed by atoms with Crippen molar-refractivity contribution in [3.8, 4) is 108 Å². The van der Waals surface area contributed by atoms with Crippen molar-refractivity contribution in [2.45, 2.75) is 30.7 Å². The van der Waals surface area contributed by atoms with Gasteiger partial charge in [0, 0.05) is 22.3 Å². The van der Waals surface area contributed by atoms with Crippen molar-refractivity contribution >= 4 is 29.8 Å². The Morgan fingerprint density at radius 2 is 0.765 bits per heavy atom. The third-order valence-electron chi connectivity index (χ3n) is 10.4. The van der Waals surface area contributed by atoms with Crippen molar-refractivity contribution in [2.24, 2.45) is 0 Å². The van der Waals surface area contributed by atoms with Gasteiger partial charge in [0.2, 0.25) is 23.0 Å². The van der Waals surface area contributed by atoms with Gasteiger partial charge in [0.05, 0.1) is 27.8 Å². The van der Waals surface area contributed by atoms with E-state index < -0.39 is 203 Å². The second kappa shape index (κ2) is 16.7. The fraction of sp³-hybridized carbons (Fsp3) is 0.146. The number of aliphatic hydroxyl groups is 2. The van der Waals surface area contributed by atoms with Crippen LogP contribution in [0, 0.1) is 0 Å². The highest BCUT2D eigenvalue weighted by Gasteiger charge is 2.50. The molecule has 5 aromatic carbocycles. The van der Waals surface area contributed by atoms with Crippen LogP contribution in [0.1, 0.15) is 51.8 Å². The van der Waals surface area contributed by atoms with Crippen LogP contribution in [-0.4, -0.2) is 154 Å². The van der Waals surface area contributed by atoms with E-state index in [2.05, 4.69) is 0 Å². The van der Waals surface area contributed by atoms with Crippen LogP contribution in [0.4, 0.5) is 0 Å². The van der Waals surface area contributed by atoms with Crippen LogP contribution >= 0.6 is 0 Å². The molecule has 4 atom stereocenters. The number of hydrogen-bond acceptors (Lipinski definition) is 27. The molecule has 2 heterocycles. The quantitative estimate of drug-likeness (QED) is 0.0507. The largest absolute Gasteiger partial charge is 0.504 e. The molecule has 68 heavy (non-hydrogen) atoms. The third-order valence-corrected chi connectivity index (χ3v) is 10.4. The smallest absolute Gasteiger partial charge is 0.339 e. The van der Waals surface area contributed by atoms with Gasteiger partial charge >= 0.3 is 29.8 Å². The summed E-state index contributed by atoms with van der Waals surface area (Å²) in [6.45, 7) is -1.56. The monoisotopic (exact) mass is 954 g/mol. The van der Waals surface area contributed by atoms with Crippen LogP contribution in [0.15, 0.2) is 36.4 Å². The number of ether oxygens (including phenoxy) is 5. The molecular formula is C41H30O27. The summed E-state index contributed by atoms with van der Waals surface area (Å²) in [7, 11) is 0. The lowest BCUT2D eigenvalue weighted by molar-refractivity contribution is -0.193. The van der Waals surface area contributed by atoms with E-state index in [0.29, 0.717) is 36.4 Å². The minimum atomic E-state index is -3.19. The van der Waals surface area contributed by atoms with E-state index in [1.54, 1.807) is 0 Å². The maximum atomic E-state index is 14.6. The molecule has 0 aliphatic carbocycles. The Kier molecular flexibility index (Phi) is 11.4. The molecule has 0 amide bonds. The van der Waals surface area contributed by atoms with E-state index >= 15 is 0 Å². The molecule has 27 heteroatoms. The maximum Gasteiger partial charge on any atom is 0.339 e. The molecule has 17 N–H and O–H groups in total. The summed E-state index contributed by atoms with van der Waals surface area (Å²) in [4.78, 5) is 70.8. The Morgan fingerprint density at radius 3 is 1.13 bits per heavy atom. The van der Waals surface area contributed by atoms with Crippen LogP contribution < -0.4 is 0 Å². The van der Waals surface area contributed by atoms with E-state index in [4.69, 9.17) is 23.7 Å². The van der Waals surface area contributed by atoms with E-state index in [-0.39, 0.29) is 0 Å². The van der Waals surface area contributed by atoms with Crippen LogP contribution in [0.3, 0.4) is 0 Å². The Morgan fingerprint density at radius 1 is 0.441 bits per heavy atom. The minimum Gasteiger partial charge on any atom is -0.504 e. The van der Waals surface area contributed by atoms with Crippen molar-refractivity contribution in [1.29, 1.82) is 0 Å². The lowest BCUT2D eigenvalue weighted by atomic mass is 9.91. The molecule has 2 aliphatic rings. The van der Waals surface area contributed by atoms with Gasteiger partial charge in [0.25, 0.3) is 0 Å². The predicted molar refractivity (Wildman–Crippen MR) is 210 cm³/mol. The summed E-state index contributed by atoms with van der Waals surface area (Å²) >= 11 is 0. The van der Waals surface area contributed by atoms with Gasteiger partial charge in [0.15, 0.2) is 94.0 Å². The normalized spacial score (nSPS) is 18.3. The van der Waals surface area contributed by atoms with E-state index in [1.165, 1.54) is 0 Å². The highest BCUT2D eigenvalue weighted by atomic mass is 16.7. The van der Waals surface area contributed by atoms with Crippen LogP contribution in [0.2, 0.25) is 0 Å². The number of benzene rings is 5. The molecule has 0 aromatic heterocycles. The lowest BCUT2D eigenvalue weighted by Gasteiger charge is -2.37. The second-order valence-corrected chi connectivity index (χ2v) is 14.5. The Hall–Kier alpha value is -9.63. The number of carbonyl (C=O) groups is 5. The number of aromatic hydroxyl groups is 15. The molecule has 0 saturated heterocycles. The number of fused-ring (bicyclic) bond motifs is 6. The maximum absolute atomic E-state index is 14.6. The molecule has 0 radical (unpaired) electrons. The fourth-order valence-electron chi connectivity index (χ4n) is 7.13. The average molecular weight is 955 g/mol. The van der Waals surface area contributed by atoms with Crippen LogP contribution in [0.25, 0.3) is 22.3 Å². The van der Waals surface area contributed by atoms with Crippen molar-refractivity contribution < 1.29 is 134 Å². The summed E-state index contributed by atoms with van der Waals surface area (Å²) in [5.74, 6) is -30.2. The molecule has 2 aliphatic heterocycles. The van der Waals surface area contributed by atoms with Gasteiger partial charge in [0.1, 0.15) is 6.61 Å². The Balaban J connectivity index is 1.52. The summed E-state index contributed by atoms with van der Waals surface area (Å²) in [6, 6.07) is 2.28. The van der Waals surface area contributed by atoms with Gasteiger partial charge in [-0.15, -0.1) is 0 Å². The molecule has 27 nitrogen and oxygen atoms in total. The zero-order valence-electron chi connectivity index (χ0n) is 33.2. The van der Waals surface area contributed by atoms with Crippen LogP contribution in [-0.2, 0) is 23.7 Å². The van der Waals surface area contributed by atoms with Crippen LogP contribution in [0.5, 0.6) is 86.2 Å². The zero-order chi connectivity index (χ0) is 50.1. The average Bonchev–Trinajstić information content (AvgIpc) is 3.29. The standard InChI is InChI=1S/C41H30O27/c42-13-1-8(2-14(43)24(13)48)37(59)65-19-7-64-38(60)9-3-15(44)25(49)29(53)20(9)21-10(4-16(45)26(50)30(21)54)39(61)66-33(19)34-35(36(57)58)68-41(63)12-6-18(47)28(52)32(56)23(12)22-11(40(62)67-34)5-17(46)27(51)31(22)55/h1-6,19,33-36,42-58H,7H2/t19-,33-,34+,35-/m1/s1. The Bertz CT molecular complexity index is 3000. The number of phenols is 15. The number of cyclic esters (lactones) is 4. The highest BCUT2D eigenvalue weighted by Crippen LogP contribution is 2.55. The summed E-state index contributed by atoms with van der Waals surface area (Å²) < 4.78 is 27.0. The Labute approximate surface area is 374 Å². The van der Waals surface area contributed by atoms with Gasteiger partial charge < -0.3 is 110 Å². The first-order chi connectivity index (χ1) is 31.8. The summed E-state index contributed by atoms with van der Waals surface area (Å²) in [5, 5.41) is 180. The van der Waals surface area contributed by atoms with Crippen molar-refractivity contribution in [3.05, 3.63) is 64.2 Å². The lowest BCUT2D eigenvalue weighted by Crippen LogP contribution is -2.56. The summed E-state index contributed by atoms with van der Waals surface area (Å²) in [5.41, 5.74) is -10.4. The molecular weight excluding hydrogens is 924 g/mol. The molecule has 7 rings (SSSR count). The van der Waals surface area contributed by atoms with Crippen molar-refractivity contribution in [1.82, 2.24) is 0 Å². The number of esters is 5. The number of aliphatic hydroxyl groups excluding tert-OH is 1. The predicted octanol–water partition coefficient (Wildman–Crippen LogP) is 0.601. The molecule has 0 bridgehead atoms. The van der Waals surface area contributed by atoms with Crippen molar-refractivity contribution in [3.63, 3.8) is 0 Å². The van der Waals surface area contributed by atoms with Gasteiger partial charge in [-0.25, -0.2) is 24.0 Å². The third kappa shape index (κ3) is 7.54. The SMILES string of the molecule is O=C(O[C@@H]1COC(=O)c2cc(O)c(O)c(O)c2-c2c(cc(O)c(O)c2O)C(=O)O[C@H]1[C@@H]1OC(=O)c2cc(O)c(O)c(O)c2-c2c(cc(O)c(O)c2O)C(=O)O[C@H]1C(O)O)c1cc(O)c(O)c(O)c1. The first-order valence-electron chi connectivity index (χ1n) is 18.6.